The van der Waals surface area contributed by atoms with Gasteiger partial charge in [0.05, 0.1) is 21.5 Å². The highest BCUT2D eigenvalue weighted by Gasteiger charge is 2.41. The maximum atomic E-state index is 12.7. The Morgan fingerprint density at radius 1 is 1.16 bits per heavy atom. The molecule has 3 rings (SSSR count). The fourth-order valence-corrected chi connectivity index (χ4v) is 4.05. The number of aromatic carboxylic acids is 1. The molecule has 0 aliphatic carbocycles. The molecule has 0 saturated carbocycles. The SMILES string of the molecule is O=C(O)c1ccccc1S[C@@H]1CC(=O)N(c2cc(Cl)ccc2Cl)C1=O. The van der Waals surface area contributed by atoms with Crippen molar-refractivity contribution in [1.82, 2.24) is 0 Å². The van der Waals surface area contributed by atoms with Gasteiger partial charge in [0, 0.05) is 16.3 Å². The van der Waals surface area contributed by atoms with Gasteiger partial charge in [-0.1, -0.05) is 35.3 Å². The van der Waals surface area contributed by atoms with E-state index in [0.29, 0.717) is 9.92 Å². The fourth-order valence-electron chi connectivity index (χ4n) is 2.51. The van der Waals surface area contributed by atoms with Crippen LogP contribution in [0.4, 0.5) is 5.69 Å². The topological polar surface area (TPSA) is 74.7 Å². The minimum absolute atomic E-state index is 0.0414. The van der Waals surface area contributed by atoms with Crippen LogP contribution in [0.1, 0.15) is 16.8 Å². The van der Waals surface area contributed by atoms with Gasteiger partial charge >= 0.3 is 5.97 Å². The fraction of sp³-hybridized carbons (Fsp3) is 0.118. The average molecular weight is 396 g/mol. The molecule has 5 nitrogen and oxygen atoms in total. The first-order valence-corrected chi connectivity index (χ1v) is 8.83. The maximum absolute atomic E-state index is 12.7. The lowest BCUT2D eigenvalue weighted by Crippen LogP contribution is -2.31. The average Bonchev–Trinajstić information content (AvgIpc) is 2.84. The molecule has 1 fully saturated rings. The van der Waals surface area contributed by atoms with E-state index in [9.17, 15) is 19.5 Å². The lowest BCUT2D eigenvalue weighted by Gasteiger charge is -2.17. The van der Waals surface area contributed by atoms with Crippen molar-refractivity contribution < 1.29 is 19.5 Å². The smallest absolute Gasteiger partial charge is 0.336 e. The second kappa shape index (κ2) is 7.07. The Balaban J connectivity index is 1.90. The normalized spacial score (nSPS) is 17.2. The molecule has 1 atom stereocenters. The summed E-state index contributed by atoms with van der Waals surface area (Å²) >= 11 is 13.1. The van der Waals surface area contributed by atoms with Gasteiger partial charge in [-0.3, -0.25) is 9.59 Å². The molecule has 2 aromatic carbocycles. The number of thioether (sulfide) groups is 1. The van der Waals surface area contributed by atoms with Crippen LogP contribution in [0.2, 0.25) is 10.0 Å². The molecule has 0 unspecified atom stereocenters. The van der Waals surface area contributed by atoms with Crippen LogP contribution < -0.4 is 4.90 Å². The van der Waals surface area contributed by atoms with E-state index in [1.165, 1.54) is 18.2 Å². The molecule has 0 aromatic heterocycles. The summed E-state index contributed by atoms with van der Waals surface area (Å²) in [6.07, 6.45) is -0.0414. The number of amides is 2. The van der Waals surface area contributed by atoms with Gasteiger partial charge in [0.25, 0.3) is 0 Å². The first kappa shape index (κ1) is 17.8. The molecule has 0 bridgehead atoms. The highest BCUT2D eigenvalue weighted by Crippen LogP contribution is 2.38. The van der Waals surface area contributed by atoms with Crippen molar-refractivity contribution in [3.8, 4) is 0 Å². The quantitative estimate of drug-likeness (QED) is 0.788. The number of halogens is 2. The second-order valence-electron chi connectivity index (χ2n) is 5.28. The lowest BCUT2D eigenvalue weighted by molar-refractivity contribution is -0.121. The van der Waals surface area contributed by atoms with E-state index in [2.05, 4.69) is 0 Å². The van der Waals surface area contributed by atoms with Gasteiger partial charge in [-0.05, 0) is 30.3 Å². The summed E-state index contributed by atoms with van der Waals surface area (Å²) in [4.78, 5) is 37.8. The minimum Gasteiger partial charge on any atom is -0.478 e. The first-order valence-electron chi connectivity index (χ1n) is 7.19. The third-order valence-corrected chi connectivity index (χ3v) is 5.46. The molecule has 1 aliphatic heterocycles. The van der Waals surface area contributed by atoms with E-state index in [0.717, 1.165) is 16.7 Å². The Labute approximate surface area is 157 Å². The molecule has 25 heavy (non-hydrogen) atoms. The molecular weight excluding hydrogens is 385 g/mol. The molecule has 0 spiro atoms. The number of carbonyl (C=O) groups is 3. The Hall–Kier alpha value is -2.02. The Bertz CT molecular complexity index is 887. The van der Waals surface area contributed by atoms with Crippen molar-refractivity contribution >= 4 is 58.4 Å². The Kier molecular flexibility index (Phi) is 5.03. The van der Waals surface area contributed by atoms with Gasteiger partial charge in [0.2, 0.25) is 11.8 Å². The number of imide groups is 1. The van der Waals surface area contributed by atoms with Crippen molar-refractivity contribution in [1.29, 1.82) is 0 Å². The maximum Gasteiger partial charge on any atom is 0.336 e. The Morgan fingerprint density at radius 2 is 1.88 bits per heavy atom. The number of carboxylic acids is 1. The summed E-state index contributed by atoms with van der Waals surface area (Å²) in [5.74, 6) is -1.94. The van der Waals surface area contributed by atoms with Crippen molar-refractivity contribution in [3.05, 3.63) is 58.1 Å². The van der Waals surface area contributed by atoms with Gasteiger partial charge in [-0.2, -0.15) is 0 Å². The molecule has 1 N–H and O–H groups in total. The molecule has 2 aromatic rings. The van der Waals surface area contributed by atoms with Gasteiger partial charge in [-0.25, -0.2) is 9.69 Å². The second-order valence-corrected chi connectivity index (χ2v) is 7.36. The standard InChI is InChI=1S/C17H11Cl2NO4S/c18-9-5-6-11(19)12(7-9)20-15(21)8-14(16(20)22)25-13-4-2-1-3-10(13)17(23)24/h1-7,14H,8H2,(H,23,24)/t14-/m1/s1. The van der Waals surface area contributed by atoms with Crippen LogP contribution in [0.15, 0.2) is 47.4 Å². The first-order chi connectivity index (χ1) is 11.9. The van der Waals surface area contributed by atoms with Crippen LogP contribution in [0.3, 0.4) is 0 Å². The highest BCUT2D eigenvalue weighted by atomic mass is 35.5. The van der Waals surface area contributed by atoms with Crippen molar-refractivity contribution in [2.24, 2.45) is 0 Å². The zero-order valence-electron chi connectivity index (χ0n) is 12.6. The number of carboxylic acid groups (broad SMARTS) is 1. The van der Waals surface area contributed by atoms with Crippen LogP contribution in [0.5, 0.6) is 0 Å². The zero-order valence-corrected chi connectivity index (χ0v) is 14.9. The number of rotatable bonds is 4. The predicted octanol–water partition coefficient (Wildman–Crippen LogP) is 4.12. The molecular formula is C17H11Cl2NO4S. The highest BCUT2D eigenvalue weighted by molar-refractivity contribution is 8.00. The number of anilines is 1. The van der Waals surface area contributed by atoms with Gasteiger partial charge in [0.15, 0.2) is 0 Å². The number of hydrogen-bond acceptors (Lipinski definition) is 4. The van der Waals surface area contributed by atoms with Gasteiger partial charge in [0.1, 0.15) is 0 Å². The van der Waals surface area contributed by atoms with Crippen molar-refractivity contribution in [2.75, 3.05) is 4.90 Å². The molecule has 1 heterocycles. The minimum atomic E-state index is -1.09. The van der Waals surface area contributed by atoms with Crippen LogP contribution in [-0.2, 0) is 9.59 Å². The number of benzene rings is 2. The number of carbonyl (C=O) groups excluding carboxylic acids is 2. The third-order valence-electron chi connectivity index (χ3n) is 3.64. The number of hydrogen-bond donors (Lipinski definition) is 1. The summed E-state index contributed by atoms with van der Waals surface area (Å²) in [7, 11) is 0. The summed E-state index contributed by atoms with van der Waals surface area (Å²) < 4.78 is 0. The molecule has 8 heteroatoms. The van der Waals surface area contributed by atoms with Crippen LogP contribution in [-0.4, -0.2) is 28.1 Å². The van der Waals surface area contributed by atoms with Gasteiger partial charge < -0.3 is 5.11 Å². The lowest BCUT2D eigenvalue weighted by atomic mass is 10.2. The summed E-state index contributed by atoms with van der Waals surface area (Å²) in [5, 5.41) is 9.12. The van der Waals surface area contributed by atoms with Gasteiger partial charge in [-0.15, -0.1) is 11.8 Å². The van der Waals surface area contributed by atoms with E-state index < -0.39 is 23.0 Å². The van der Waals surface area contributed by atoms with E-state index in [4.69, 9.17) is 23.2 Å². The third kappa shape index (κ3) is 3.51. The number of nitrogens with zero attached hydrogens (tertiary/aromatic N) is 1. The zero-order chi connectivity index (χ0) is 18.1. The van der Waals surface area contributed by atoms with Crippen LogP contribution >= 0.6 is 35.0 Å². The van der Waals surface area contributed by atoms with E-state index >= 15 is 0 Å². The molecule has 128 valence electrons. The molecule has 2 amide bonds. The predicted molar refractivity (Wildman–Crippen MR) is 96.6 cm³/mol. The summed E-state index contributed by atoms with van der Waals surface area (Å²) in [6.45, 7) is 0. The largest absolute Gasteiger partial charge is 0.478 e. The van der Waals surface area contributed by atoms with Crippen molar-refractivity contribution in [3.63, 3.8) is 0 Å². The van der Waals surface area contributed by atoms with E-state index in [1.54, 1.807) is 24.3 Å². The van der Waals surface area contributed by atoms with Crippen molar-refractivity contribution in [2.45, 2.75) is 16.6 Å². The van der Waals surface area contributed by atoms with E-state index in [-0.39, 0.29) is 22.7 Å². The van der Waals surface area contributed by atoms with Crippen LogP contribution in [0.25, 0.3) is 0 Å². The molecule has 1 aliphatic rings. The molecule has 0 radical (unpaired) electrons. The monoisotopic (exact) mass is 395 g/mol. The van der Waals surface area contributed by atoms with Crippen LogP contribution in [0, 0.1) is 0 Å². The van der Waals surface area contributed by atoms with E-state index in [1.807, 2.05) is 0 Å². The Morgan fingerprint density at radius 3 is 2.60 bits per heavy atom. The molecule has 1 saturated heterocycles. The summed E-state index contributed by atoms with van der Waals surface area (Å²) in [5.41, 5.74) is 0.325. The summed E-state index contributed by atoms with van der Waals surface area (Å²) in [6, 6.07) is 10.9.